The second kappa shape index (κ2) is 9.55. The minimum Gasteiger partial charge on any atom is -0.372 e. The lowest BCUT2D eigenvalue weighted by Gasteiger charge is -2.22. The zero-order chi connectivity index (χ0) is 21.6. The van der Waals surface area contributed by atoms with E-state index in [0.29, 0.717) is 17.3 Å². The summed E-state index contributed by atoms with van der Waals surface area (Å²) < 4.78 is 1.29. The van der Waals surface area contributed by atoms with Crippen molar-refractivity contribution in [3.63, 3.8) is 0 Å². The van der Waals surface area contributed by atoms with Gasteiger partial charge in [-0.05, 0) is 43.5 Å². The molecule has 31 heavy (non-hydrogen) atoms. The molecule has 1 aromatic heterocycles. The van der Waals surface area contributed by atoms with E-state index in [1.54, 1.807) is 30.5 Å². The smallest absolute Gasteiger partial charge is 0.292 e. The van der Waals surface area contributed by atoms with Gasteiger partial charge >= 0.3 is 0 Å². The number of hydrogen-bond acceptors (Lipinski definition) is 5. The van der Waals surface area contributed by atoms with Crippen LogP contribution in [-0.4, -0.2) is 35.0 Å². The first-order valence-corrected chi connectivity index (χ1v) is 10.9. The van der Waals surface area contributed by atoms with Gasteiger partial charge in [-0.3, -0.25) is 9.59 Å². The first-order chi connectivity index (χ1) is 15.2. The third-order valence-electron chi connectivity index (χ3n) is 5.63. The van der Waals surface area contributed by atoms with Gasteiger partial charge in [0.1, 0.15) is 0 Å². The monoisotopic (exact) mass is 417 g/mol. The van der Waals surface area contributed by atoms with E-state index in [1.807, 2.05) is 19.1 Å². The predicted octanol–water partition coefficient (Wildman–Crippen LogP) is 3.56. The molecule has 2 aromatic carbocycles. The van der Waals surface area contributed by atoms with Crippen LogP contribution in [0.2, 0.25) is 0 Å². The summed E-state index contributed by atoms with van der Waals surface area (Å²) in [5.41, 5.74) is 4.64. The Bertz CT molecular complexity index is 1140. The van der Waals surface area contributed by atoms with Crippen molar-refractivity contribution in [2.45, 2.75) is 39.2 Å². The van der Waals surface area contributed by atoms with E-state index in [-0.39, 0.29) is 11.3 Å². The number of rotatable bonds is 5. The van der Waals surface area contributed by atoms with E-state index in [9.17, 15) is 9.59 Å². The van der Waals surface area contributed by atoms with Gasteiger partial charge in [-0.2, -0.15) is 10.2 Å². The summed E-state index contributed by atoms with van der Waals surface area (Å²) in [7, 11) is 0. The van der Waals surface area contributed by atoms with Crippen LogP contribution in [0.15, 0.2) is 58.4 Å². The topological polar surface area (TPSA) is 79.6 Å². The van der Waals surface area contributed by atoms with Crippen molar-refractivity contribution in [1.29, 1.82) is 0 Å². The molecule has 0 saturated carbocycles. The minimum atomic E-state index is -0.448. The van der Waals surface area contributed by atoms with Crippen LogP contribution >= 0.6 is 0 Å². The first kappa shape index (κ1) is 20.8. The third kappa shape index (κ3) is 4.66. The van der Waals surface area contributed by atoms with Gasteiger partial charge in [0, 0.05) is 30.7 Å². The van der Waals surface area contributed by atoms with Crippen LogP contribution in [0.5, 0.6) is 0 Å². The number of fused-ring (bicyclic) bond motifs is 1. The van der Waals surface area contributed by atoms with E-state index in [4.69, 9.17) is 0 Å². The van der Waals surface area contributed by atoms with Crippen molar-refractivity contribution in [2.24, 2.45) is 5.10 Å². The van der Waals surface area contributed by atoms with Gasteiger partial charge in [-0.15, -0.1) is 0 Å². The molecular formula is C24H27N5O2. The number of carbonyl (C=O) groups is 1. The first-order valence-electron chi connectivity index (χ1n) is 10.9. The molecule has 0 bridgehead atoms. The zero-order valence-corrected chi connectivity index (χ0v) is 17.8. The number of aromatic nitrogens is 2. The fourth-order valence-corrected chi connectivity index (χ4v) is 3.94. The van der Waals surface area contributed by atoms with Crippen LogP contribution in [-0.2, 0) is 6.54 Å². The number of benzene rings is 2. The van der Waals surface area contributed by atoms with Crippen molar-refractivity contribution < 1.29 is 4.79 Å². The number of hydrazone groups is 1. The molecule has 1 N–H and O–H groups in total. The van der Waals surface area contributed by atoms with Gasteiger partial charge in [0.15, 0.2) is 5.69 Å². The molecule has 3 aromatic rings. The van der Waals surface area contributed by atoms with Crippen LogP contribution < -0.4 is 15.9 Å². The molecular weight excluding hydrogens is 390 g/mol. The quantitative estimate of drug-likeness (QED) is 0.509. The molecule has 1 saturated heterocycles. The molecule has 7 nitrogen and oxygen atoms in total. The number of amides is 1. The second-order valence-electron chi connectivity index (χ2n) is 7.71. The van der Waals surface area contributed by atoms with Gasteiger partial charge in [-0.25, -0.2) is 10.1 Å². The Morgan fingerprint density at radius 1 is 1.03 bits per heavy atom. The second-order valence-corrected chi connectivity index (χ2v) is 7.71. The predicted molar refractivity (Wildman–Crippen MR) is 124 cm³/mol. The summed E-state index contributed by atoms with van der Waals surface area (Å²) in [6.07, 6.45) is 6.70. The molecule has 0 radical (unpaired) electrons. The van der Waals surface area contributed by atoms with Gasteiger partial charge in [-0.1, -0.05) is 43.2 Å². The highest BCUT2D eigenvalue weighted by Crippen LogP contribution is 2.19. The Morgan fingerprint density at radius 2 is 1.71 bits per heavy atom. The molecule has 1 aliphatic rings. The number of anilines is 1. The molecule has 0 atom stereocenters. The fourth-order valence-electron chi connectivity index (χ4n) is 3.94. The number of nitrogens with one attached hydrogen (secondary N) is 1. The van der Waals surface area contributed by atoms with Crippen molar-refractivity contribution >= 4 is 28.6 Å². The van der Waals surface area contributed by atoms with E-state index in [1.165, 1.54) is 36.1 Å². The van der Waals surface area contributed by atoms with Gasteiger partial charge in [0.25, 0.3) is 11.5 Å². The molecule has 1 amide bonds. The van der Waals surface area contributed by atoms with Crippen molar-refractivity contribution in [3.05, 3.63) is 70.1 Å². The van der Waals surface area contributed by atoms with Gasteiger partial charge in [0.2, 0.25) is 0 Å². The van der Waals surface area contributed by atoms with Gasteiger partial charge < -0.3 is 4.90 Å². The highest BCUT2D eigenvalue weighted by atomic mass is 16.2. The largest absolute Gasteiger partial charge is 0.372 e. The van der Waals surface area contributed by atoms with Crippen LogP contribution in [0.4, 0.5) is 5.69 Å². The lowest BCUT2D eigenvalue weighted by Crippen LogP contribution is -2.28. The minimum absolute atomic E-state index is 0.186. The lowest BCUT2D eigenvalue weighted by molar-refractivity contribution is 0.0949. The maximum atomic E-state index is 12.7. The van der Waals surface area contributed by atoms with Crippen LogP contribution in [0, 0.1) is 0 Å². The van der Waals surface area contributed by atoms with E-state index < -0.39 is 5.91 Å². The molecule has 0 aliphatic carbocycles. The lowest BCUT2D eigenvalue weighted by atomic mass is 10.1. The number of hydrogen-bond donors (Lipinski definition) is 1. The Kier molecular flexibility index (Phi) is 6.40. The van der Waals surface area contributed by atoms with Crippen molar-refractivity contribution in [1.82, 2.24) is 15.2 Å². The summed E-state index contributed by atoms with van der Waals surface area (Å²) in [6, 6.07) is 15.2. The summed E-state index contributed by atoms with van der Waals surface area (Å²) in [5.74, 6) is -0.448. The molecule has 1 aliphatic heterocycles. The highest BCUT2D eigenvalue weighted by molar-refractivity contribution is 6.04. The normalized spacial score (nSPS) is 14.7. The van der Waals surface area contributed by atoms with Crippen LogP contribution in [0.3, 0.4) is 0 Å². The highest BCUT2D eigenvalue weighted by Gasteiger charge is 2.15. The number of nitrogens with zero attached hydrogens (tertiary/aromatic N) is 4. The zero-order valence-electron chi connectivity index (χ0n) is 17.8. The van der Waals surface area contributed by atoms with Gasteiger partial charge in [0.05, 0.1) is 11.6 Å². The molecule has 4 rings (SSSR count). The molecule has 160 valence electrons. The summed E-state index contributed by atoms with van der Waals surface area (Å²) in [5, 5.41) is 9.31. The fraction of sp³-hybridized carbons (Fsp3) is 0.333. The van der Waals surface area contributed by atoms with E-state index in [0.717, 1.165) is 18.7 Å². The summed E-state index contributed by atoms with van der Waals surface area (Å²) in [6.45, 7) is 4.41. The average molecular weight is 418 g/mol. The Labute approximate surface area is 181 Å². The SMILES string of the molecule is CCn1nc(C(=O)N/N=C\c2ccc(N3CCCCCC3)cc2)c2ccccc2c1=O. The summed E-state index contributed by atoms with van der Waals surface area (Å²) in [4.78, 5) is 27.6. The Hall–Kier alpha value is -3.48. The van der Waals surface area contributed by atoms with Crippen molar-refractivity contribution in [2.75, 3.05) is 18.0 Å². The molecule has 1 fully saturated rings. The molecule has 2 heterocycles. The summed E-state index contributed by atoms with van der Waals surface area (Å²) >= 11 is 0. The van der Waals surface area contributed by atoms with Crippen LogP contribution in [0.25, 0.3) is 10.8 Å². The molecule has 0 unspecified atom stereocenters. The number of carbonyl (C=O) groups excluding carboxylic acids is 1. The third-order valence-corrected chi connectivity index (χ3v) is 5.63. The standard InChI is InChI=1S/C24H27N5O2/c1-2-29-24(31)21-10-6-5-9-20(21)22(27-29)23(30)26-25-17-18-11-13-19(14-12-18)28-15-7-3-4-8-16-28/h5-6,9-14,17H,2-4,7-8,15-16H2,1H3,(H,26,30)/b25-17-. The van der Waals surface area contributed by atoms with Crippen LogP contribution in [0.1, 0.15) is 48.7 Å². The van der Waals surface area contributed by atoms with E-state index in [2.05, 4.69) is 32.7 Å². The average Bonchev–Trinajstić information content (AvgIpc) is 3.09. The molecule has 7 heteroatoms. The number of aryl methyl sites for hydroxylation is 1. The van der Waals surface area contributed by atoms with E-state index >= 15 is 0 Å². The maximum absolute atomic E-state index is 12.7. The Balaban J connectivity index is 1.47. The van der Waals surface area contributed by atoms with Crippen molar-refractivity contribution in [3.8, 4) is 0 Å². The Morgan fingerprint density at radius 3 is 2.39 bits per heavy atom. The maximum Gasteiger partial charge on any atom is 0.292 e. The molecule has 0 spiro atoms.